The van der Waals surface area contributed by atoms with Gasteiger partial charge in [-0.2, -0.15) is 0 Å². The van der Waals surface area contributed by atoms with Gasteiger partial charge in [0.25, 0.3) is 5.91 Å². The lowest BCUT2D eigenvalue weighted by molar-refractivity contribution is 0.0763. The number of nitrogens with zero attached hydrogens (tertiary/aromatic N) is 4. The Kier molecular flexibility index (Phi) is 5.07. The van der Waals surface area contributed by atoms with E-state index < -0.39 is 0 Å². The second-order valence-corrected chi connectivity index (χ2v) is 7.68. The fourth-order valence-electron chi connectivity index (χ4n) is 3.82. The lowest BCUT2D eigenvalue weighted by Gasteiger charge is -2.22. The van der Waals surface area contributed by atoms with E-state index in [1.165, 1.54) is 18.4 Å². The van der Waals surface area contributed by atoms with Gasteiger partial charge in [-0.3, -0.25) is 4.79 Å². The molecular weight excluding hydrogens is 348 g/mol. The Morgan fingerprint density at radius 2 is 1.64 bits per heavy atom. The van der Waals surface area contributed by atoms with Crippen LogP contribution in [0.3, 0.4) is 0 Å². The van der Waals surface area contributed by atoms with Crippen LogP contribution >= 0.6 is 0 Å². The average molecular weight is 374 g/mol. The molecule has 1 aromatic carbocycles. The van der Waals surface area contributed by atoms with Crippen LogP contribution in [-0.2, 0) is 0 Å². The number of hydrogen-bond acceptors (Lipinski definition) is 4. The molecule has 4 rings (SSSR count). The van der Waals surface area contributed by atoms with Crippen molar-refractivity contribution in [1.29, 1.82) is 0 Å². The zero-order chi connectivity index (χ0) is 19.7. The van der Waals surface area contributed by atoms with Crippen LogP contribution in [0.2, 0.25) is 0 Å². The molecule has 1 aliphatic rings. The van der Waals surface area contributed by atoms with Crippen LogP contribution in [-0.4, -0.2) is 38.8 Å². The summed E-state index contributed by atoms with van der Waals surface area (Å²) in [7, 11) is 0. The van der Waals surface area contributed by atoms with E-state index in [2.05, 4.69) is 29.9 Å². The number of aryl methyl sites for hydroxylation is 3. The minimum absolute atomic E-state index is 0.104. The van der Waals surface area contributed by atoms with Crippen molar-refractivity contribution < 1.29 is 4.79 Å². The number of pyridine rings is 1. The highest BCUT2D eigenvalue weighted by molar-refractivity contribution is 6.08. The molecule has 3 heterocycles. The maximum atomic E-state index is 13.5. The molecule has 0 radical (unpaired) electrons. The van der Waals surface area contributed by atoms with E-state index >= 15 is 0 Å². The Balaban J connectivity index is 1.89. The van der Waals surface area contributed by atoms with Crippen LogP contribution in [0.1, 0.15) is 53.0 Å². The van der Waals surface area contributed by atoms with E-state index in [1.807, 2.05) is 24.0 Å². The Hall–Kier alpha value is -2.82. The summed E-state index contributed by atoms with van der Waals surface area (Å²) in [4.78, 5) is 29.0. The molecule has 0 aliphatic carbocycles. The third-order valence-electron chi connectivity index (χ3n) is 5.71. The lowest BCUT2D eigenvalue weighted by atomic mass is 9.99. The molecule has 1 aliphatic heterocycles. The maximum Gasteiger partial charge on any atom is 0.254 e. The number of benzene rings is 1. The number of amides is 1. The van der Waals surface area contributed by atoms with Gasteiger partial charge in [0.05, 0.1) is 16.8 Å². The lowest BCUT2D eigenvalue weighted by Crippen LogP contribution is -2.32. The monoisotopic (exact) mass is 374 g/mol. The molecule has 28 heavy (non-hydrogen) atoms. The number of fused-ring (bicyclic) bond motifs is 1. The van der Waals surface area contributed by atoms with Gasteiger partial charge in [-0.1, -0.05) is 25.0 Å². The quantitative estimate of drug-likeness (QED) is 0.656. The van der Waals surface area contributed by atoms with Gasteiger partial charge in [0, 0.05) is 36.4 Å². The highest BCUT2D eigenvalue weighted by atomic mass is 16.2. The summed E-state index contributed by atoms with van der Waals surface area (Å²) < 4.78 is 0. The fraction of sp³-hybridized carbons (Fsp3) is 0.391. The minimum Gasteiger partial charge on any atom is -0.339 e. The minimum atomic E-state index is 0.104. The highest BCUT2D eigenvalue weighted by Gasteiger charge is 2.22. The fourth-order valence-corrected chi connectivity index (χ4v) is 3.82. The first-order valence-corrected chi connectivity index (χ1v) is 10.0. The summed E-state index contributed by atoms with van der Waals surface area (Å²) >= 11 is 0. The van der Waals surface area contributed by atoms with E-state index in [0.717, 1.165) is 65.0 Å². The zero-order valence-corrected chi connectivity index (χ0v) is 16.8. The van der Waals surface area contributed by atoms with Crippen molar-refractivity contribution in [2.24, 2.45) is 0 Å². The van der Waals surface area contributed by atoms with Gasteiger partial charge in [-0.25, -0.2) is 15.0 Å². The van der Waals surface area contributed by atoms with Crippen LogP contribution in [0.15, 0.2) is 30.6 Å². The molecule has 0 saturated carbocycles. The molecule has 0 bridgehead atoms. The van der Waals surface area contributed by atoms with Crippen molar-refractivity contribution in [3.8, 4) is 11.3 Å². The predicted octanol–water partition coefficient (Wildman–Crippen LogP) is 4.63. The van der Waals surface area contributed by atoms with Gasteiger partial charge >= 0.3 is 0 Å². The first-order valence-electron chi connectivity index (χ1n) is 10.0. The van der Waals surface area contributed by atoms with E-state index in [4.69, 9.17) is 4.98 Å². The van der Waals surface area contributed by atoms with E-state index in [-0.39, 0.29) is 5.91 Å². The molecule has 0 unspecified atom stereocenters. The summed E-state index contributed by atoms with van der Waals surface area (Å²) in [5, 5.41) is 0.925. The molecule has 1 amide bonds. The van der Waals surface area contributed by atoms with Gasteiger partial charge in [-0.05, 0) is 50.8 Å². The maximum absolute atomic E-state index is 13.5. The van der Waals surface area contributed by atoms with Crippen molar-refractivity contribution >= 4 is 16.8 Å². The van der Waals surface area contributed by atoms with Crippen LogP contribution < -0.4 is 0 Å². The molecule has 144 valence electrons. The summed E-state index contributed by atoms with van der Waals surface area (Å²) in [5.41, 5.74) is 5.47. The normalized spacial score (nSPS) is 14.9. The van der Waals surface area contributed by atoms with Crippen LogP contribution in [0.4, 0.5) is 0 Å². The second-order valence-electron chi connectivity index (χ2n) is 7.68. The molecule has 1 fully saturated rings. The number of aromatic nitrogens is 3. The van der Waals surface area contributed by atoms with Crippen molar-refractivity contribution in [2.45, 2.75) is 46.5 Å². The number of carbonyl (C=O) groups is 1. The van der Waals surface area contributed by atoms with Gasteiger partial charge < -0.3 is 4.90 Å². The summed E-state index contributed by atoms with van der Waals surface area (Å²) in [5.74, 6) is 0.823. The van der Waals surface area contributed by atoms with Crippen molar-refractivity contribution in [1.82, 2.24) is 19.9 Å². The van der Waals surface area contributed by atoms with Crippen LogP contribution in [0.5, 0.6) is 0 Å². The first-order chi connectivity index (χ1) is 13.5. The van der Waals surface area contributed by atoms with Gasteiger partial charge in [0.2, 0.25) is 0 Å². The zero-order valence-electron chi connectivity index (χ0n) is 16.8. The highest BCUT2D eigenvalue weighted by Crippen LogP contribution is 2.29. The second kappa shape index (κ2) is 7.66. The van der Waals surface area contributed by atoms with Crippen LogP contribution in [0, 0.1) is 20.8 Å². The van der Waals surface area contributed by atoms with Crippen molar-refractivity contribution in [3.05, 3.63) is 53.1 Å². The average Bonchev–Trinajstić information content (AvgIpc) is 3.00. The third-order valence-corrected chi connectivity index (χ3v) is 5.71. The Morgan fingerprint density at radius 1 is 0.964 bits per heavy atom. The first kappa shape index (κ1) is 18.5. The Morgan fingerprint density at radius 3 is 2.32 bits per heavy atom. The van der Waals surface area contributed by atoms with Gasteiger partial charge in [-0.15, -0.1) is 0 Å². The van der Waals surface area contributed by atoms with Gasteiger partial charge in [0.1, 0.15) is 5.82 Å². The van der Waals surface area contributed by atoms with Crippen molar-refractivity contribution in [2.75, 3.05) is 13.1 Å². The number of hydrogen-bond donors (Lipinski definition) is 0. The number of carbonyl (C=O) groups excluding carboxylic acids is 1. The van der Waals surface area contributed by atoms with Crippen LogP contribution in [0.25, 0.3) is 22.2 Å². The molecular formula is C23H26N4O. The SMILES string of the molecule is Cc1ncc(-c2cc(C(=O)N3CCCCCC3)c3ccc(C)c(C)c3n2)cn1. The Labute approximate surface area is 165 Å². The summed E-state index contributed by atoms with van der Waals surface area (Å²) in [6, 6.07) is 6.02. The predicted molar refractivity (Wildman–Crippen MR) is 111 cm³/mol. The molecule has 5 nitrogen and oxygen atoms in total. The molecule has 0 atom stereocenters. The smallest absolute Gasteiger partial charge is 0.254 e. The number of likely N-dealkylation sites (tertiary alicyclic amines) is 1. The van der Waals surface area contributed by atoms with Gasteiger partial charge in [0.15, 0.2) is 0 Å². The molecule has 1 saturated heterocycles. The standard InChI is InChI=1S/C23H26N4O/c1-15-8-9-19-20(23(28)27-10-6-4-5-7-11-27)12-21(26-22(19)16(15)2)18-13-24-17(3)25-14-18/h8-9,12-14H,4-7,10-11H2,1-3H3. The van der Waals surface area contributed by atoms with E-state index in [0.29, 0.717) is 0 Å². The third kappa shape index (κ3) is 3.49. The topological polar surface area (TPSA) is 59.0 Å². The molecule has 0 N–H and O–H groups in total. The summed E-state index contributed by atoms with van der Waals surface area (Å²) in [6.45, 7) is 7.67. The molecule has 0 spiro atoms. The van der Waals surface area contributed by atoms with Crippen molar-refractivity contribution in [3.63, 3.8) is 0 Å². The van der Waals surface area contributed by atoms with E-state index in [9.17, 15) is 4.79 Å². The van der Waals surface area contributed by atoms with E-state index in [1.54, 1.807) is 12.4 Å². The largest absolute Gasteiger partial charge is 0.339 e. The summed E-state index contributed by atoms with van der Waals surface area (Å²) in [6.07, 6.45) is 8.11. The Bertz CT molecular complexity index is 1020. The molecule has 5 heteroatoms. The molecule has 2 aromatic heterocycles. The number of rotatable bonds is 2. The molecule has 3 aromatic rings.